The zero-order valence-electron chi connectivity index (χ0n) is 8.30. The molecule has 74 valence electrons. The van der Waals surface area contributed by atoms with Crippen molar-refractivity contribution in [2.45, 2.75) is 26.8 Å². The van der Waals surface area contributed by atoms with Crippen molar-refractivity contribution in [3.63, 3.8) is 0 Å². The predicted octanol–water partition coefficient (Wildman–Crippen LogP) is 3.71. The number of hydrogen-bond acceptors (Lipinski definition) is 2. The van der Waals surface area contributed by atoms with Crippen LogP contribution in [0.1, 0.15) is 31.7 Å². The summed E-state index contributed by atoms with van der Waals surface area (Å²) in [5.74, 6) is 0.606. The van der Waals surface area contributed by atoms with Gasteiger partial charge < -0.3 is 5.32 Å². The molecule has 0 saturated carbocycles. The van der Waals surface area contributed by atoms with Crippen LogP contribution < -0.4 is 5.32 Å². The minimum Gasteiger partial charge on any atom is -0.309 e. The molecule has 0 saturated heterocycles. The Morgan fingerprint density at radius 1 is 1.46 bits per heavy atom. The highest BCUT2D eigenvalue weighted by atomic mass is 35.5. The molecule has 1 nitrogen and oxygen atoms in total. The number of hydrogen-bond donors (Lipinski definition) is 1. The highest BCUT2D eigenvalue weighted by molar-refractivity contribution is 7.16. The van der Waals surface area contributed by atoms with E-state index in [0.717, 1.165) is 10.9 Å². The molecule has 1 rings (SSSR count). The number of halogens is 1. The Kier molecular flexibility index (Phi) is 4.23. The first kappa shape index (κ1) is 11.0. The lowest BCUT2D eigenvalue weighted by Crippen LogP contribution is -2.24. The monoisotopic (exact) mass is 217 g/mol. The van der Waals surface area contributed by atoms with Gasteiger partial charge in [-0.25, -0.2) is 0 Å². The summed E-state index contributed by atoms with van der Waals surface area (Å²) in [5, 5.41) is 3.46. The average molecular weight is 218 g/mol. The molecule has 1 aromatic rings. The molecular weight excluding hydrogens is 202 g/mol. The number of thiophene rings is 1. The lowest BCUT2D eigenvalue weighted by molar-refractivity contribution is 0.428. The SMILES string of the molecule is CCNC(c1ccc(Cl)s1)C(C)C. The minimum absolute atomic E-state index is 0.447. The van der Waals surface area contributed by atoms with E-state index < -0.39 is 0 Å². The predicted molar refractivity (Wildman–Crippen MR) is 60.6 cm³/mol. The molecule has 1 aromatic heterocycles. The first-order chi connectivity index (χ1) is 6.15. The third kappa shape index (κ3) is 2.97. The molecule has 0 bridgehead atoms. The molecular formula is C10H16ClNS. The van der Waals surface area contributed by atoms with Gasteiger partial charge in [-0.1, -0.05) is 32.4 Å². The second kappa shape index (κ2) is 4.99. The molecule has 0 spiro atoms. The second-order valence-electron chi connectivity index (χ2n) is 3.42. The first-order valence-corrected chi connectivity index (χ1v) is 5.83. The smallest absolute Gasteiger partial charge is 0.0931 e. The van der Waals surface area contributed by atoms with Crippen molar-refractivity contribution >= 4 is 22.9 Å². The molecule has 0 radical (unpaired) electrons. The third-order valence-corrected chi connectivity index (χ3v) is 3.31. The van der Waals surface area contributed by atoms with Crippen molar-refractivity contribution in [1.29, 1.82) is 0 Å². The Bertz CT molecular complexity index is 257. The van der Waals surface area contributed by atoms with E-state index in [1.54, 1.807) is 11.3 Å². The third-order valence-electron chi connectivity index (χ3n) is 1.99. The number of rotatable bonds is 4. The first-order valence-electron chi connectivity index (χ1n) is 4.63. The molecule has 1 atom stereocenters. The van der Waals surface area contributed by atoms with Crippen molar-refractivity contribution in [2.24, 2.45) is 5.92 Å². The molecule has 0 aliphatic rings. The van der Waals surface area contributed by atoms with Gasteiger partial charge in [-0.15, -0.1) is 11.3 Å². The van der Waals surface area contributed by atoms with Gasteiger partial charge >= 0.3 is 0 Å². The molecule has 1 N–H and O–H groups in total. The highest BCUT2D eigenvalue weighted by Gasteiger charge is 2.15. The van der Waals surface area contributed by atoms with Crippen LogP contribution in [0.3, 0.4) is 0 Å². The quantitative estimate of drug-likeness (QED) is 0.811. The summed E-state index contributed by atoms with van der Waals surface area (Å²) < 4.78 is 0.874. The Balaban J connectivity index is 2.75. The zero-order valence-corrected chi connectivity index (χ0v) is 9.88. The van der Waals surface area contributed by atoms with Crippen LogP contribution in [0, 0.1) is 5.92 Å². The van der Waals surface area contributed by atoms with Crippen LogP contribution in [0.2, 0.25) is 4.34 Å². The Morgan fingerprint density at radius 3 is 2.54 bits per heavy atom. The summed E-state index contributed by atoms with van der Waals surface area (Å²) in [5.41, 5.74) is 0. The van der Waals surface area contributed by atoms with E-state index in [1.165, 1.54) is 4.88 Å². The van der Waals surface area contributed by atoms with Gasteiger partial charge in [-0.05, 0) is 24.6 Å². The molecule has 3 heteroatoms. The van der Waals surface area contributed by atoms with E-state index in [1.807, 2.05) is 6.07 Å². The lowest BCUT2D eigenvalue weighted by atomic mass is 10.0. The molecule has 0 fully saturated rings. The van der Waals surface area contributed by atoms with E-state index in [9.17, 15) is 0 Å². The second-order valence-corrected chi connectivity index (χ2v) is 5.17. The number of nitrogens with one attached hydrogen (secondary N) is 1. The summed E-state index contributed by atoms with van der Waals surface area (Å²) in [7, 11) is 0. The zero-order chi connectivity index (χ0) is 9.84. The standard InChI is InChI=1S/C10H16ClNS/c1-4-12-10(7(2)3)8-5-6-9(11)13-8/h5-7,10,12H,4H2,1-3H3. The molecule has 13 heavy (non-hydrogen) atoms. The van der Waals surface area contributed by atoms with Gasteiger partial charge in [0.1, 0.15) is 0 Å². The van der Waals surface area contributed by atoms with Gasteiger partial charge in [-0.3, -0.25) is 0 Å². The molecule has 1 unspecified atom stereocenters. The normalized spacial score (nSPS) is 13.6. The van der Waals surface area contributed by atoms with Crippen LogP contribution in [0.15, 0.2) is 12.1 Å². The van der Waals surface area contributed by atoms with Gasteiger partial charge in [0, 0.05) is 10.9 Å². The summed E-state index contributed by atoms with van der Waals surface area (Å²) in [6.07, 6.45) is 0. The maximum absolute atomic E-state index is 5.90. The van der Waals surface area contributed by atoms with Crippen molar-refractivity contribution in [1.82, 2.24) is 5.32 Å². The largest absolute Gasteiger partial charge is 0.309 e. The van der Waals surface area contributed by atoms with Gasteiger partial charge in [0.25, 0.3) is 0 Å². The van der Waals surface area contributed by atoms with E-state index in [4.69, 9.17) is 11.6 Å². The molecule has 0 aliphatic carbocycles. The molecule has 0 amide bonds. The van der Waals surface area contributed by atoms with E-state index in [-0.39, 0.29) is 0 Å². The van der Waals surface area contributed by atoms with E-state index >= 15 is 0 Å². The van der Waals surface area contributed by atoms with Crippen molar-refractivity contribution in [3.8, 4) is 0 Å². The van der Waals surface area contributed by atoms with E-state index in [0.29, 0.717) is 12.0 Å². The lowest BCUT2D eigenvalue weighted by Gasteiger charge is -2.20. The highest BCUT2D eigenvalue weighted by Crippen LogP contribution is 2.30. The van der Waals surface area contributed by atoms with Crippen LogP contribution in [0.5, 0.6) is 0 Å². The summed E-state index contributed by atoms with van der Waals surface area (Å²) in [4.78, 5) is 1.34. The molecule has 1 heterocycles. The fourth-order valence-corrected chi connectivity index (χ4v) is 2.69. The summed E-state index contributed by atoms with van der Waals surface area (Å²) in [6, 6.07) is 4.52. The van der Waals surface area contributed by atoms with Gasteiger partial charge in [-0.2, -0.15) is 0 Å². The summed E-state index contributed by atoms with van der Waals surface area (Å²) in [6.45, 7) is 7.57. The average Bonchev–Trinajstić information content (AvgIpc) is 2.46. The topological polar surface area (TPSA) is 12.0 Å². The summed E-state index contributed by atoms with van der Waals surface area (Å²) >= 11 is 7.57. The van der Waals surface area contributed by atoms with E-state index in [2.05, 4.69) is 32.2 Å². The van der Waals surface area contributed by atoms with Crippen LogP contribution in [0.4, 0.5) is 0 Å². The maximum Gasteiger partial charge on any atom is 0.0931 e. The van der Waals surface area contributed by atoms with Gasteiger partial charge in [0.05, 0.1) is 4.34 Å². The van der Waals surface area contributed by atoms with Crippen molar-refractivity contribution in [2.75, 3.05) is 6.54 Å². The minimum atomic E-state index is 0.447. The molecule has 0 aromatic carbocycles. The van der Waals surface area contributed by atoms with Crippen molar-refractivity contribution in [3.05, 3.63) is 21.3 Å². The fourth-order valence-electron chi connectivity index (χ4n) is 1.38. The Labute approximate surface area is 89.1 Å². The maximum atomic E-state index is 5.90. The fraction of sp³-hybridized carbons (Fsp3) is 0.600. The van der Waals surface area contributed by atoms with Crippen molar-refractivity contribution < 1.29 is 0 Å². The van der Waals surface area contributed by atoms with Crippen LogP contribution in [0.25, 0.3) is 0 Å². The van der Waals surface area contributed by atoms with Gasteiger partial charge in [0.15, 0.2) is 0 Å². The van der Waals surface area contributed by atoms with Crippen LogP contribution >= 0.6 is 22.9 Å². The van der Waals surface area contributed by atoms with Gasteiger partial charge in [0.2, 0.25) is 0 Å². The Hall–Kier alpha value is -0.0500. The molecule has 0 aliphatic heterocycles. The Morgan fingerprint density at radius 2 is 2.15 bits per heavy atom. The van der Waals surface area contributed by atoms with Crippen LogP contribution in [-0.4, -0.2) is 6.54 Å². The van der Waals surface area contributed by atoms with Crippen LogP contribution in [-0.2, 0) is 0 Å².